The van der Waals surface area contributed by atoms with E-state index in [1.54, 1.807) is 42.6 Å². The first-order chi connectivity index (χ1) is 12.5. The molecule has 7 heteroatoms. The zero-order valence-corrected chi connectivity index (χ0v) is 15.5. The molecule has 0 aliphatic heterocycles. The topological polar surface area (TPSA) is 73.3 Å². The first-order valence-electron chi connectivity index (χ1n) is 8.10. The highest BCUT2D eigenvalue weighted by molar-refractivity contribution is 7.13. The monoisotopic (exact) mass is 369 g/mol. The number of thiazole rings is 1. The van der Waals surface area contributed by atoms with E-state index in [-0.39, 0.29) is 0 Å². The number of hydrogen-bond donors (Lipinski definition) is 1. The highest BCUT2D eigenvalue weighted by Gasteiger charge is 2.09. The fourth-order valence-electron chi connectivity index (χ4n) is 2.20. The average Bonchev–Trinajstić information content (AvgIpc) is 3.10. The number of carbonyl (C=O) groups is 1. The van der Waals surface area contributed by atoms with Crippen molar-refractivity contribution >= 4 is 28.3 Å². The Labute approximate surface area is 155 Å². The minimum atomic E-state index is -0.405. The summed E-state index contributed by atoms with van der Waals surface area (Å²) < 4.78 is 10.6. The molecular formula is C19H19N3O3S. The third-order valence-electron chi connectivity index (χ3n) is 3.57. The maximum atomic E-state index is 11.6. The van der Waals surface area contributed by atoms with Gasteiger partial charge in [0.25, 0.3) is 0 Å². The summed E-state index contributed by atoms with van der Waals surface area (Å²) in [6.45, 7) is 4.21. The van der Waals surface area contributed by atoms with Gasteiger partial charge in [-0.3, -0.25) is 0 Å². The van der Waals surface area contributed by atoms with Crippen LogP contribution in [0.5, 0.6) is 11.5 Å². The van der Waals surface area contributed by atoms with E-state index in [9.17, 15) is 4.79 Å². The van der Waals surface area contributed by atoms with Crippen molar-refractivity contribution in [3.05, 3.63) is 59.2 Å². The molecular weight excluding hydrogens is 350 g/mol. The molecule has 3 rings (SSSR count). The number of anilines is 2. The molecule has 134 valence electrons. The lowest BCUT2D eigenvalue weighted by Gasteiger charge is -2.08. The molecule has 26 heavy (non-hydrogen) atoms. The number of pyridine rings is 1. The zero-order valence-electron chi connectivity index (χ0n) is 14.7. The van der Waals surface area contributed by atoms with Gasteiger partial charge in [-0.05, 0) is 30.2 Å². The van der Waals surface area contributed by atoms with Crippen LogP contribution in [0.3, 0.4) is 0 Å². The van der Waals surface area contributed by atoms with Gasteiger partial charge >= 0.3 is 5.97 Å². The highest BCUT2D eigenvalue weighted by atomic mass is 32.1. The lowest BCUT2D eigenvalue weighted by atomic mass is 10.2. The van der Waals surface area contributed by atoms with Crippen molar-refractivity contribution in [1.82, 2.24) is 9.97 Å². The number of ether oxygens (including phenoxy) is 2. The average molecular weight is 369 g/mol. The van der Waals surface area contributed by atoms with Crippen molar-refractivity contribution in [3.8, 4) is 11.5 Å². The number of aromatic nitrogens is 2. The maximum absolute atomic E-state index is 11.6. The highest BCUT2D eigenvalue weighted by Crippen LogP contribution is 2.27. The van der Waals surface area contributed by atoms with Gasteiger partial charge < -0.3 is 14.8 Å². The Kier molecular flexibility index (Phi) is 5.48. The van der Waals surface area contributed by atoms with Crippen molar-refractivity contribution in [2.45, 2.75) is 19.8 Å². The third-order valence-corrected chi connectivity index (χ3v) is 4.35. The van der Waals surface area contributed by atoms with Gasteiger partial charge in [0.05, 0.1) is 18.4 Å². The van der Waals surface area contributed by atoms with Crippen LogP contribution in [0.25, 0.3) is 0 Å². The Morgan fingerprint density at radius 2 is 2.00 bits per heavy atom. The summed E-state index contributed by atoms with van der Waals surface area (Å²) in [7, 11) is 1.35. The summed E-state index contributed by atoms with van der Waals surface area (Å²) in [6.07, 6.45) is 1.65. The number of nitrogens with one attached hydrogen (secondary N) is 1. The summed E-state index contributed by atoms with van der Waals surface area (Å²) in [4.78, 5) is 20.4. The van der Waals surface area contributed by atoms with Crippen LogP contribution in [0.15, 0.2) is 48.0 Å². The predicted molar refractivity (Wildman–Crippen MR) is 102 cm³/mol. The van der Waals surface area contributed by atoms with E-state index in [1.807, 2.05) is 5.38 Å². The van der Waals surface area contributed by atoms with E-state index < -0.39 is 5.97 Å². The molecule has 6 nitrogen and oxygen atoms in total. The first-order valence-corrected chi connectivity index (χ1v) is 8.98. The van der Waals surface area contributed by atoms with E-state index >= 15 is 0 Å². The molecule has 0 bridgehead atoms. The zero-order chi connectivity index (χ0) is 18.5. The van der Waals surface area contributed by atoms with E-state index in [0.717, 1.165) is 10.8 Å². The molecule has 0 radical (unpaired) electrons. The normalized spacial score (nSPS) is 10.6. The lowest BCUT2D eigenvalue weighted by Crippen LogP contribution is -2.01. The van der Waals surface area contributed by atoms with Crippen molar-refractivity contribution in [3.63, 3.8) is 0 Å². The van der Waals surface area contributed by atoms with Crippen molar-refractivity contribution in [2.24, 2.45) is 0 Å². The standard InChI is InChI=1S/C19H19N3O3S/c1-12(2)16-11-26-19(21-16)22-17-10-15(7-8-20-17)25-14-6-4-5-13(9-14)18(23)24-3/h4-12H,1-3H3,(H,20,21,22). The Hall–Kier alpha value is -2.93. The van der Waals surface area contributed by atoms with Crippen LogP contribution in [0.4, 0.5) is 10.9 Å². The number of hydrogen-bond acceptors (Lipinski definition) is 7. The Bertz CT molecular complexity index is 908. The molecule has 3 aromatic rings. The molecule has 0 aliphatic carbocycles. The summed E-state index contributed by atoms with van der Waals surface area (Å²) in [6, 6.07) is 10.3. The molecule has 2 heterocycles. The van der Waals surface area contributed by atoms with Crippen molar-refractivity contribution in [1.29, 1.82) is 0 Å². The molecule has 0 saturated carbocycles. The van der Waals surface area contributed by atoms with Crippen molar-refractivity contribution in [2.75, 3.05) is 12.4 Å². The largest absolute Gasteiger partial charge is 0.465 e. The summed E-state index contributed by atoms with van der Waals surface area (Å²) in [5, 5.41) is 6.00. The Balaban J connectivity index is 1.74. The van der Waals surface area contributed by atoms with Gasteiger partial charge in [-0.1, -0.05) is 19.9 Å². The van der Waals surface area contributed by atoms with E-state index in [2.05, 4.69) is 29.1 Å². The van der Waals surface area contributed by atoms with Gasteiger partial charge in [0.1, 0.15) is 17.3 Å². The van der Waals surface area contributed by atoms with Gasteiger partial charge in [-0.25, -0.2) is 14.8 Å². The second-order valence-electron chi connectivity index (χ2n) is 5.86. The maximum Gasteiger partial charge on any atom is 0.337 e. The minimum absolute atomic E-state index is 0.381. The van der Waals surface area contributed by atoms with Crippen molar-refractivity contribution < 1.29 is 14.3 Å². The van der Waals surface area contributed by atoms with Crippen LogP contribution in [-0.2, 0) is 4.74 Å². The van der Waals surface area contributed by atoms with Gasteiger partial charge in [-0.2, -0.15) is 0 Å². The molecule has 0 fully saturated rings. The number of benzene rings is 1. The molecule has 0 unspecified atom stereocenters. The number of methoxy groups -OCH3 is 1. The number of esters is 1. The predicted octanol–water partition coefficient (Wildman–Crippen LogP) is 4.98. The number of nitrogens with zero attached hydrogens (tertiary/aromatic N) is 2. The second kappa shape index (κ2) is 7.97. The summed E-state index contributed by atoms with van der Waals surface area (Å²) in [5.41, 5.74) is 1.48. The van der Waals surface area contributed by atoms with Gasteiger partial charge in [0.15, 0.2) is 5.13 Å². The van der Waals surface area contributed by atoms with E-state index in [0.29, 0.717) is 28.8 Å². The fraction of sp³-hybridized carbons (Fsp3) is 0.211. The lowest BCUT2D eigenvalue weighted by molar-refractivity contribution is 0.0600. The van der Waals surface area contributed by atoms with Crippen LogP contribution >= 0.6 is 11.3 Å². The van der Waals surface area contributed by atoms with Gasteiger partial charge in [-0.15, -0.1) is 11.3 Å². The van der Waals surface area contributed by atoms with Crippen LogP contribution < -0.4 is 10.1 Å². The summed E-state index contributed by atoms with van der Waals surface area (Å²) >= 11 is 1.54. The number of rotatable bonds is 6. The first kappa shape index (κ1) is 17.9. The SMILES string of the molecule is COC(=O)c1cccc(Oc2ccnc(Nc3nc(C(C)C)cs3)c2)c1. The van der Waals surface area contributed by atoms with E-state index in [4.69, 9.17) is 9.47 Å². The molecule has 1 N–H and O–H groups in total. The smallest absolute Gasteiger partial charge is 0.337 e. The Morgan fingerprint density at radius 1 is 1.19 bits per heavy atom. The number of carbonyl (C=O) groups excluding carboxylic acids is 1. The van der Waals surface area contributed by atoms with Gasteiger partial charge in [0.2, 0.25) is 0 Å². The Morgan fingerprint density at radius 3 is 2.73 bits per heavy atom. The van der Waals surface area contributed by atoms with Crippen LogP contribution in [0.1, 0.15) is 35.8 Å². The van der Waals surface area contributed by atoms with E-state index in [1.165, 1.54) is 18.4 Å². The molecule has 0 aliphatic rings. The molecule has 0 saturated heterocycles. The molecule has 0 amide bonds. The van der Waals surface area contributed by atoms with Crippen LogP contribution in [0, 0.1) is 0 Å². The fourth-order valence-corrected chi connectivity index (χ4v) is 3.08. The van der Waals surface area contributed by atoms with Crippen LogP contribution in [0.2, 0.25) is 0 Å². The molecule has 2 aromatic heterocycles. The molecule has 0 spiro atoms. The third kappa shape index (κ3) is 4.37. The minimum Gasteiger partial charge on any atom is -0.465 e. The quantitative estimate of drug-likeness (QED) is 0.618. The molecule has 0 atom stereocenters. The van der Waals surface area contributed by atoms with Crippen LogP contribution in [-0.4, -0.2) is 23.0 Å². The molecule has 1 aromatic carbocycles. The second-order valence-corrected chi connectivity index (χ2v) is 6.71. The van der Waals surface area contributed by atoms with Gasteiger partial charge in [0, 0.05) is 17.6 Å². The summed E-state index contributed by atoms with van der Waals surface area (Å²) in [5.74, 6) is 1.76.